The molecule has 4 rings (SSSR count). The maximum atomic E-state index is 13.3. The number of nitrogens with zero attached hydrogens (tertiary/aromatic N) is 4. The summed E-state index contributed by atoms with van der Waals surface area (Å²) in [7, 11) is 0. The number of carbonyl (C=O) groups excluding carboxylic acids is 1. The second-order valence-corrected chi connectivity index (χ2v) is 7.98. The molecule has 29 heavy (non-hydrogen) atoms. The molecule has 1 aromatic heterocycles. The monoisotopic (exact) mass is 406 g/mol. The van der Waals surface area contributed by atoms with Gasteiger partial charge < -0.3 is 5.11 Å². The molecule has 1 atom stereocenters. The minimum Gasteiger partial charge on any atom is -0.386 e. The third-order valence-electron chi connectivity index (χ3n) is 5.08. The number of aromatic nitrogens is 1. The quantitative estimate of drug-likeness (QED) is 0.696. The van der Waals surface area contributed by atoms with Crippen LogP contribution in [0.5, 0.6) is 0 Å². The Morgan fingerprint density at radius 2 is 2.03 bits per heavy atom. The molecule has 2 amide bonds. The van der Waals surface area contributed by atoms with Crippen LogP contribution in [0.3, 0.4) is 0 Å². The van der Waals surface area contributed by atoms with Crippen molar-refractivity contribution in [2.45, 2.75) is 25.5 Å². The number of benzene rings is 2. The van der Waals surface area contributed by atoms with Crippen molar-refractivity contribution in [3.8, 4) is 6.07 Å². The summed E-state index contributed by atoms with van der Waals surface area (Å²) in [6.45, 7) is 3.63. The highest BCUT2D eigenvalue weighted by Crippen LogP contribution is 2.35. The van der Waals surface area contributed by atoms with E-state index in [2.05, 4.69) is 11.1 Å². The molecule has 1 fully saturated rings. The van der Waals surface area contributed by atoms with E-state index >= 15 is 0 Å². The molecule has 1 aliphatic heterocycles. The average molecular weight is 407 g/mol. The fourth-order valence-corrected chi connectivity index (χ4v) is 3.73. The molecule has 0 spiro atoms. The molecular weight excluding hydrogens is 388 g/mol. The number of fused-ring (bicyclic) bond motifs is 1. The molecule has 1 saturated heterocycles. The number of halogens is 1. The van der Waals surface area contributed by atoms with Crippen LogP contribution in [-0.2, 0) is 5.60 Å². The number of carbonyl (C=O) groups is 1. The first-order valence-corrected chi connectivity index (χ1v) is 9.54. The summed E-state index contributed by atoms with van der Waals surface area (Å²) in [5, 5.41) is 22.2. The predicted octanol–water partition coefficient (Wildman–Crippen LogP) is 4.45. The molecule has 0 radical (unpaired) electrons. The normalized spacial score (nSPS) is 17.1. The van der Waals surface area contributed by atoms with Crippen molar-refractivity contribution in [1.29, 1.82) is 5.26 Å². The largest absolute Gasteiger partial charge is 0.386 e. The number of aliphatic hydroxyl groups is 1. The smallest absolute Gasteiger partial charge is 0.330 e. The van der Waals surface area contributed by atoms with Crippen LogP contribution >= 0.6 is 11.6 Å². The molecule has 7 heteroatoms. The summed E-state index contributed by atoms with van der Waals surface area (Å²) in [5.74, 6) is 0. The van der Waals surface area contributed by atoms with Crippen molar-refractivity contribution in [1.82, 2.24) is 4.98 Å². The maximum absolute atomic E-state index is 13.3. The zero-order valence-corrected chi connectivity index (χ0v) is 16.8. The van der Waals surface area contributed by atoms with Gasteiger partial charge in [-0.2, -0.15) is 5.26 Å². The van der Waals surface area contributed by atoms with Crippen LogP contribution in [-0.4, -0.2) is 28.7 Å². The third kappa shape index (κ3) is 3.39. The van der Waals surface area contributed by atoms with E-state index in [0.717, 1.165) is 10.8 Å². The van der Waals surface area contributed by atoms with Gasteiger partial charge in [0.2, 0.25) is 0 Å². The van der Waals surface area contributed by atoms with Crippen molar-refractivity contribution in [3.63, 3.8) is 0 Å². The lowest BCUT2D eigenvalue weighted by atomic mass is 9.95. The Labute approximate surface area is 173 Å². The van der Waals surface area contributed by atoms with Crippen molar-refractivity contribution in [3.05, 3.63) is 65.4 Å². The molecule has 0 bridgehead atoms. The molecule has 1 aliphatic rings. The summed E-state index contributed by atoms with van der Waals surface area (Å²) in [4.78, 5) is 20.6. The molecule has 1 unspecified atom stereocenters. The van der Waals surface area contributed by atoms with E-state index in [0.29, 0.717) is 22.0 Å². The minimum absolute atomic E-state index is 0.219. The number of urea groups is 1. The number of rotatable bonds is 3. The van der Waals surface area contributed by atoms with E-state index in [1.807, 2.05) is 18.2 Å². The van der Waals surface area contributed by atoms with Gasteiger partial charge in [0, 0.05) is 27.7 Å². The second kappa shape index (κ2) is 7.03. The molecular formula is C22H19ClN4O2. The zero-order chi connectivity index (χ0) is 20.8. The highest BCUT2D eigenvalue weighted by Gasteiger charge is 2.40. The van der Waals surface area contributed by atoms with Crippen LogP contribution in [0, 0.1) is 11.3 Å². The fraction of sp³-hybridized carbons (Fsp3) is 0.227. The Kier molecular flexibility index (Phi) is 4.65. The first kappa shape index (κ1) is 19.2. The van der Waals surface area contributed by atoms with Crippen molar-refractivity contribution in [2.24, 2.45) is 0 Å². The van der Waals surface area contributed by atoms with Gasteiger partial charge in [0.15, 0.2) is 0 Å². The number of anilines is 2. The Balaban J connectivity index is 1.84. The number of hydrogen-bond acceptors (Lipinski definition) is 4. The maximum Gasteiger partial charge on any atom is 0.330 e. The van der Waals surface area contributed by atoms with Gasteiger partial charge in [0.1, 0.15) is 6.04 Å². The lowest BCUT2D eigenvalue weighted by molar-refractivity contribution is 0.0787. The van der Waals surface area contributed by atoms with Gasteiger partial charge >= 0.3 is 6.03 Å². The van der Waals surface area contributed by atoms with Gasteiger partial charge in [-0.05, 0) is 43.7 Å². The SMILES string of the molecule is CC(C)(O)c1ccc2cncc(N3C(=O)N(c4cccc(Cl)c4)CC3C#N)c2c1. The molecule has 2 aromatic carbocycles. The summed E-state index contributed by atoms with van der Waals surface area (Å²) in [6, 6.07) is 13.7. The highest BCUT2D eigenvalue weighted by atomic mass is 35.5. The van der Waals surface area contributed by atoms with E-state index in [4.69, 9.17) is 11.6 Å². The number of pyridine rings is 1. The molecule has 3 aromatic rings. The van der Waals surface area contributed by atoms with Gasteiger partial charge in [-0.3, -0.25) is 14.8 Å². The topological polar surface area (TPSA) is 80.5 Å². The Bertz CT molecular complexity index is 1150. The van der Waals surface area contributed by atoms with Crippen LogP contribution in [0.25, 0.3) is 10.8 Å². The van der Waals surface area contributed by atoms with Crippen LogP contribution in [0.4, 0.5) is 16.2 Å². The van der Waals surface area contributed by atoms with Crippen molar-refractivity contribution < 1.29 is 9.90 Å². The van der Waals surface area contributed by atoms with Gasteiger partial charge in [-0.1, -0.05) is 29.8 Å². The van der Waals surface area contributed by atoms with Gasteiger partial charge in [-0.15, -0.1) is 0 Å². The Morgan fingerprint density at radius 3 is 2.72 bits per heavy atom. The van der Waals surface area contributed by atoms with Crippen LogP contribution in [0.15, 0.2) is 54.9 Å². The van der Waals surface area contributed by atoms with E-state index in [9.17, 15) is 15.2 Å². The predicted molar refractivity (Wildman–Crippen MR) is 113 cm³/mol. The molecule has 146 valence electrons. The van der Waals surface area contributed by atoms with Gasteiger partial charge in [-0.25, -0.2) is 4.79 Å². The number of hydrogen-bond donors (Lipinski definition) is 1. The zero-order valence-electron chi connectivity index (χ0n) is 16.0. The number of nitriles is 1. The molecule has 2 heterocycles. The first-order chi connectivity index (χ1) is 13.8. The molecule has 0 aliphatic carbocycles. The van der Waals surface area contributed by atoms with Gasteiger partial charge in [0.25, 0.3) is 0 Å². The minimum atomic E-state index is -1.04. The fourth-order valence-electron chi connectivity index (χ4n) is 3.55. The Morgan fingerprint density at radius 1 is 1.24 bits per heavy atom. The number of amides is 2. The van der Waals surface area contributed by atoms with E-state index in [1.54, 1.807) is 55.4 Å². The molecule has 1 N–H and O–H groups in total. The summed E-state index contributed by atoms with van der Waals surface area (Å²) >= 11 is 6.08. The third-order valence-corrected chi connectivity index (χ3v) is 5.31. The highest BCUT2D eigenvalue weighted by molar-refractivity contribution is 6.31. The average Bonchev–Trinajstić information content (AvgIpc) is 3.02. The lowest BCUT2D eigenvalue weighted by Crippen LogP contribution is -2.34. The second-order valence-electron chi connectivity index (χ2n) is 7.54. The van der Waals surface area contributed by atoms with E-state index in [1.165, 1.54) is 4.90 Å². The van der Waals surface area contributed by atoms with Crippen LogP contribution < -0.4 is 9.80 Å². The van der Waals surface area contributed by atoms with Crippen LogP contribution in [0.1, 0.15) is 19.4 Å². The summed E-state index contributed by atoms with van der Waals surface area (Å²) in [6.07, 6.45) is 3.28. The standard InChI is InChI=1S/C22H19ClN4O2/c1-22(2,29)15-7-6-14-11-25-12-20(19(14)8-15)27-18(10-24)13-26(21(27)28)17-5-3-4-16(23)9-17/h3-9,11-12,18,29H,13H2,1-2H3. The van der Waals surface area contributed by atoms with Crippen molar-refractivity contribution >= 4 is 39.8 Å². The Hall–Kier alpha value is -3.14. The van der Waals surface area contributed by atoms with Crippen molar-refractivity contribution in [2.75, 3.05) is 16.3 Å². The summed E-state index contributed by atoms with van der Waals surface area (Å²) < 4.78 is 0. The molecule has 0 saturated carbocycles. The van der Waals surface area contributed by atoms with Crippen LogP contribution in [0.2, 0.25) is 5.02 Å². The van der Waals surface area contributed by atoms with Gasteiger partial charge in [0.05, 0.1) is 30.1 Å². The molecule has 6 nitrogen and oxygen atoms in total. The first-order valence-electron chi connectivity index (χ1n) is 9.16. The van der Waals surface area contributed by atoms with E-state index < -0.39 is 11.6 Å². The van der Waals surface area contributed by atoms with E-state index in [-0.39, 0.29) is 12.6 Å². The summed E-state index contributed by atoms with van der Waals surface area (Å²) in [5.41, 5.74) is 0.847. The lowest BCUT2D eigenvalue weighted by Gasteiger charge is -2.23.